The van der Waals surface area contributed by atoms with E-state index in [1.54, 1.807) is 42.1 Å². The number of aromatic carboxylic acids is 1. The van der Waals surface area contributed by atoms with Crippen LogP contribution in [0, 0.1) is 5.82 Å². The molecule has 1 unspecified atom stereocenters. The predicted octanol–water partition coefficient (Wildman–Crippen LogP) is 7.91. The number of carbonyl (C=O) groups is 1. The van der Waals surface area contributed by atoms with Crippen LogP contribution in [0.4, 0.5) is 4.39 Å². The van der Waals surface area contributed by atoms with Gasteiger partial charge in [-0.1, -0.05) is 70.2 Å². The van der Waals surface area contributed by atoms with Crippen LogP contribution in [-0.2, 0) is 16.6 Å². The molecular formula is C31H33FO3S. The van der Waals surface area contributed by atoms with E-state index >= 15 is 0 Å². The Labute approximate surface area is 217 Å². The molecule has 36 heavy (non-hydrogen) atoms. The topological polar surface area (TPSA) is 57.5 Å². The minimum Gasteiger partial charge on any atom is -0.478 e. The summed E-state index contributed by atoms with van der Waals surface area (Å²) < 4.78 is 13.4. The number of halogens is 1. The van der Waals surface area contributed by atoms with Crippen molar-refractivity contribution in [3.63, 3.8) is 0 Å². The van der Waals surface area contributed by atoms with Crippen LogP contribution in [0.2, 0.25) is 0 Å². The summed E-state index contributed by atoms with van der Waals surface area (Å²) in [6.07, 6.45) is 4.91. The first kappa shape index (κ1) is 26.2. The van der Waals surface area contributed by atoms with Crippen molar-refractivity contribution >= 4 is 23.8 Å². The number of carboxylic acid groups (broad SMARTS) is 1. The van der Waals surface area contributed by atoms with E-state index in [1.165, 1.54) is 23.3 Å². The second-order valence-electron chi connectivity index (χ2n) is 10.9. The average molecular weight is 505 g/mol. The van der Waals surface area contributed by atoms with Crippen LogP contribution < -0.4 is 0 Å². The summed E-state index contributed by atoms with van der Waals surface area (Å²) in [5.74, 6) is -0.483. The van der Waals surface area contributed by atoms with E-state index in [0.717, 1.165) is 34.4 Å². The molecule has 0 fully saturated rings. The standard InChI is InChI=1S/C31H33FO3S/c1-30(2)15-16-31(3,4)28-25(30)17-23(18-27(28)36-19-21-7-12-24(32)13-8-21)26(33)14-9-20-5-10-22(11-6-20)29(34)35/h5-14,17-18,26,33H,15-16,19H2,1-4H3,(H,34,35)/b14-9+. The van der Waals surface area contributed by atoms with Gasteiger partial charge in [-0.3, -0.25) is 0 Å². The summed E-state index contributed by atoms with van der Waals surface area (Å²) in [5.41, 5.74) is 5.56. The molecule has 2 N–H and O–H groups in total. The molecule has 3 aromatic carbocycles. The molecular weight excluding hydrogens is 471 g/mol. The number of thioether (sulfide) groups is 1. The molecule has 3 nitrogen and oxygen atoms in total. The number of aliphatic hydroxyl groups is 1. The fourth-order valence-electron chi connectivity index (χ4n) is 4.83. The highest BCUT2D eigenvalue weighted by molar-refractivity contribution is 7.98. The molecule has 0 saturated carbocycles. The summed E-state index contributed by atoms with van der Waals surface area (Å²) in [6.45, 7) is 9.12. The van der Waals surface area contributed by atoms with Gasteiger partial charge in [-0.05, 0) is 81.8 Å². The van der Waals surface area contributed by atoms with Gasteiger partial charge in [0.25, 0.3) is 0 Å². The Morgan fingerprint density at radius 2 is 1.64 bits per heavy atom. The Balaban J connectivity index is 1.69. The van der Waals surface area contributed by atoms with Gasteiger partial charge in [-0.25, -0.2) is 9.18 Å². The molecule has 0 saturated heterocycles. The van der Waals surface area contributed by atoms with Gasteiger partial charge in [0.1, 0.15) is 5.82 Å². The number of carboxylic acids is 1. The first-order valence-electron chi connectivity index (χ1n) is 12.2. The Kier molecular flexibility index (Phi) is 7.44. The van der Waals surface area contributed by atoms with Crippen LogP contribution in [0.3, 0.4) is 0 Å². The van der Waals surface area contributed by atoms with Gasteiger partial charge < -0.3 is 10.2 Å². The van der Waals surface area contributed by atoms with Crippen molar-refractivity contribution in [2.75, 3.05) is 0 Å². The highest BCUT2D eigenvalue weighted by Crippen LogP contribution is 2.50. The Bertz CT molecular complexity index is 1270. The summed E-state index contributed by atoms with van der Waals surface area (Å²) >= 11 is 1.73. The normalized spacial score (nSPS) is 17.1. The summed E-state index contributed by atoms with van der Waals surface area (Å²) in [5, 5.41) is 20.2. The third kappa shape index (κ3) is 5.74. The van der Waals surface area contributed by atoms with E-state index in [9.17, 15) is 14.3 Å². The highest BCUT2D eigenvalue weighted by atomic mass is 32.2. The third-order valence-corrected chi connectivity index (χ3v) is 8.29. The van der Waals surface area contributed by atoms with Crippen LogP contribution >= 0.6 is 11.8 Å². The molecule has 0 heterocycles. The summed E-state index contributed by atoms with van der Waals surface area (Å²) in [6, 6.07) is 17.5. The van der Waals surface area contributed by atoms with E-state index in [1.807, 2.05) is 18.2 Å². The Morgan fingerprint density at radius 1 is 1.00 bits per heavy atom. The fourth-order valence-corrected chi connectivity index (χ4v) is 6.09. The van der Waals surface area contributed by atoms with E-state index in [-0.39, 0.29) is 22.2 Å². The number of aliphatic hydroxyl groups excluding tert-OH is 1. The second-order valence-corrected chi connectivity index (χ2v) is 11.9. The molecule has 1 atom stereocenters. The quantitative estimate of drug-likeness (QED) is 0.321. The van der Waals surface area contributed by atoms with Gasteiger partial charge in [0.05, 0.1) is 11.7 Å². The molecule has 3 aromatic rings. The van der Waals surface area contributed by atoms with Gasteiger partial charge in [-0.2, -0.15) is 0 Å². The van der Waals surface area contributed by atoms with E-state index < -0.39 is 12.1 Å². The maximum atomic E-state index is 13.4. The van der Waals surface area contributed by atoms with E-state index in [4.69, 9.17) is 5.11 Å². The number of hydrogen-bond acceptors (Lipinski definition) is 3. The SMILES string of the molecule is CC1(C)CCC(C)(C)c2c(SCc3ccc(F)cc3)cc(C(O)/C=C/c3ccc(C(=O)O)cc3)cc21. The zero-order chi connectivity index (χ0) is 26.1. The molecule has 1 aliphatic rings. The molecule has 0 spiro atoms. The molecule has 1 aliphatic carbocycles. The van der Waals surface area contributed by atoms with Crippen molar-refractivity contribution < 1.29 is 19.4 Å². The molecule has 0 aromatic heterocycles. The lowest BCUT2D eigenvalue weighted by molar-refractivity contribution is 0.0697. The van der Waals surface area contributed by atoms with Gasteiger partial charge in [0, 0.05) is 10.6 Å². The second kappa shape index (κ2) is 10.2. The molecule has 188 valence electrons. The van der Waals surface area contributed by atoms with Gasteiger partial charge >= 0.3 is 5.97 Å². The van der Waals surface area contributed by atoms with Crippen LogP contribution in [-0.4, -0.2) is 16.2 Å². The van der Waals surface area contributed by atoms with Crippen molar-refractivity contribution in [1.29, 1.82) is 0 Å². The number of rotatable bonds is 7. The highest BCUT2D eigenvalue weighted by Gasteiger charge is 2.39. The number of hydrogen-bond donors (Lipinski definition) is 2. The van der Waals surface area contributed by atoms with Crippen molar-refractivity contribution in [2.45, 2.75) is 68.1 Å². The lowest BCUT2D eigenvalue weighted by Crippen LogP contribution is -2.34. The molecule has 0 bridgehead atoms. The molecule has 4 rings (SSSR count). The molecule has 5 heteroatoms. The largest absolute Gasteiger partial charge is 0.478 e. The van der Waals surface area contributed by atoms with Crippen LogP contribution in [0.25, 0.3) is 6.08 Å². The van der Waals surface area contributed by atoms with Gasteiger partial charge in [0.15, 0.2) is 0 Å². The minimum atomic E-state index is -0.962. The summed E-state index contributed by atoms with van der Waals surface area (Å²) in [7, 11) is 0. The van der Waals surface area contributed by atoms with E-state index in [0.29, 0.717) is 5.75 Å². The Hall–Kier alpha value is -2.89. The Morgan fingerprint density at radius 3 is 2.28 bits per heavy atom. The van der Waals surface area contributed by atoms with Crippen LogP contribution in [0.15, 0.2) is 71.6 Å². The molecule has 0 radical (unpaired) electrons. The van der Waals surface area contributed by atoms with Crippen molar-refractivity contribution in [3.8, 4) is 0 Å². The third-order valence-electron chi connectivity index (χ3n) is 7.18. The van der Waals surface area contributed by atoms with Crippen LogP contribution in [0.1, 0.15) is 84.8 Å². The van der Waals surface area contributed by atoms with Crippen molar-refractivity contribution in [2.24, 2.45) is 0 Å². The zero-order valence-electron chi connectivity index (χ0n) is 21.2. The maximum Gasteiger partial charge on any atom is 0.335 e. The molecule has 0 aliphatic heterocycles. The zero-order valence-corrected chi connectivity index (χ0v) is 22.0. The van der Waals surface area contributed by atoms with Gasteiger partial charge in [-0.15, -0.1) is 11.8 Å². The molecule has 0 amide bonds. The fraction of sp³-hybridized carbons (Fsp3) is 0.323. The lowest BCUT2D eigenvalue weighted by atomic mass is 9.63. The lowest BCUT2D eigenvalue weighted by Gasteiger charge is -2.43. The number of benzene rings is 3. The first-order chi connectivity index (χ1) is 17.0. The summed E-state index contributed by atoms with van der Waals surface area (Å²) in [4.78, 5) is 12.2. The van der Waals surface area contributed by atoms with Crippen LogP contribution in [0.5, 0.6) is 0 Å². The maximum absolute atomic E-state index is 13.4. The minimum absolute atomic E-state index is 0.0118. The average Bonchev–Trinajstić information content (AvgIpc) is 2.85. The first-order valence-corrected chi connectivity index (χ1v) is 13.2. The predicted molar refractivity (Wildman–Crippen MR) is 145 cm³/mol. The smallest absolute Gasteiger partial charge is 0.335 e. The number of fused-ring (bicyclic) bond motifs is 1. The monoisotopic (exact) mass is 504 g/mol. The van der Waals surface area contributed by atoms with E-state index in [2.05, 4.69) is 39.8 Å². The van der Waals surface area contributed by atoms with Gasteiger partial charge in [0.2, 0.25) is 0 Å². The van der Waals surface area contributed by atoms with Crippen molar-refractivity contribution in [3.05, 3.63) is 106 Å². The van der Waals surface area contributed by atoms with Crippen molar-refractivity contribution in [1.82, 2.24) is 0 Å².